The highest BCUT2D eigenvalue weighted by Gasteiger charge is 2.20. The standard InChI is InChI=1S/C22H25ClN4O/c23-18-5-3-17(4-6-18)22-20(16-25-11-13-28-14-12-25)27-15-19(7-8-21(27)24-22)26-9-1-2-10-26/h3-8,15H,1-2,9-14,16H2. The van der Waals surface area contributed by atoms with E-state index in [9.17, 15) is 0 Å². The van der Waals surface area contributed by atoms with E-state index in [1.54, 1.807) is 0 Å². The molecular formula is C22H25ClN4O. The van der Waals surface area contributed by atoms with E-state index < -0.39 is 0 Å². The van der Waals surface area contributed by atoms with Crippen LogP contribution in [0.2, 0.25) is 5.02 Å². The van der Waals surface area contributed by atoms with E-state index in [1.165, 1.54) is 24.2 Å². The van der Waals surface area contributed by atoms with Crippen LogP contribution >= 0.6 is 11.6 Å². The molecule has 0 bridgehead atoms. The number of aromatic nitrogens is 2. The van der Waals surface area contributed by atoms with Gasteiger partial charge in [-0.1, -0.05) is 23.7 Å². The summed E-state index contributed by atoms with van der Waals surface area (Å²) in [4.78, 5) is 9.91. The van der Waals surface area contributed by atoms with Crippen molar-refractivity contribution in [2.24, 2.45) is 0 Å². The van der Waals surface area contributed by atoms with Crippen molar-refractivity contribution in [3.05, 3.63) is 53.3 Å². The first kappa shape index (κ1) is 18.0. The Balaban J connectivity index is 1.59. The monoisotopic (exact) mass is 396 g/mol. The van der Waals surface area contributed by atoms with Gasteiger partial charge in [-0.3, -0.25) is 4.90 Å². The number of hydrogen-bond acceptors (Lipinski definition) is 4. The van der Waals surface area contributed by atoms with Gasteiger partial charge in [0.1, 0.15) is 5.65 Å². The fraction of sp³-hybridized carbons (Fsp3) is 0.409. The van der Waals surface area contributed by atoms with Crippen molar-refractivity contribution in [2.45, 2.75) is 19.4 Å². The second-order valence-corrected chi connectivity index (χ2v) is 8.05. The van der Waals surface area contributed by atoms with Crippen LogP contribution in [0.15, 0.2) is 42.6 Å². The summed E-state index contributed by atoms with van der Waals surface area (Å²) in [6.45, 7) is 6.66. The van der Waals surface area contributed by atoms with E-state index in [2.05, 4.69) is 44.7 Å². The lowest BCUT2D eigenvalue weighted by atomic mass is 10.1. The third kappa shape index (κ3) is 3.50. The number of benzene rings is 1. The van der Waals surface area contributed by atoms with Gasteiger partial charge >= 0.3 is 0 Å². The zero-order chi connectivity index (χ0) is 18.9. The number of halogens is 1. The lowest BCUT2D eigenvalue weighted by Crippen LogP contribution is -2.36. The van der Waals surface area contributed by atoms with E-state index in [-0.39, 0.29) is 0 Å². The molecular weight excluding hydrogens is 372 g/mol. The number of morpholine rings is 1. The molecule has 0 aliphatic carbocycles. The van der Waals surface area contributed by atoms with Crippen LogP contribution in [-0.2, 0) is 11.3 Å². The normalized spacial score (nSPS) is 18.2. The first-order chi connectivity index (χ1) is 13.8. The largest absolute Gasteiger partial charge is 0.379 e. The van der Waals surface area contributed by atoms with Crippen molar-refractivity contribution in [1.82, 2.24) is 14.3 Å². The van der Waals surface area contributed by atoms with Crippen LogP contribution < -0.4 is 4.90 Å². The Hall–Kier alpha value is -2.08. The lowest BCUT2D eigenvalue weighted by Gasteiger charge is -2.27. The van der Waals surface area contributed by atoms with Gasteiger partial charge in [0.25, 0.3) is 0 Å². The van der Waals surface area contributed by atoms with Crippen molar-refractivity contribution < 1.29 is 4.74 Å². The van der Waals surface area contributed by atoms with Crippen molar-refractivity contribution in [1.29, 1.82) is 0 Å². The number of anilines is 1. The molecule has 2 saturated heterocycles. The Morgan fingerprint density at radius 1 is 0.929 bits per heavy atom. The third-order valence-corrected chi connectivity index (χ3v) is 6.02. The molecule has 0 N–H and O–H groups in total. The fourth-order valence-corrected chi connectivity index (χ4v) is 4.33. The number of ether oxygens (including phenoxy) is 1. The summed E-state index contributed by atoms with van der Waals surface area (Å²) in [6, 6.07) is 12.4. The van der Waals surface area contributed by atoms with Crippen LogP contribution in [-0.4, -0.2) is 53.7 Å². The van der Waals surface area contributed by atoms with Crippen LogP contribution in [0.4, 0.5) is 5.69 Å². The highest BCUT2D eigenvalue weighted by molar-refractivity contribution is 6.30. The van der Waals surface area contributed by atoms with E-state index >= 15 is 0 Å². The maximum atomic E-state index is 6.11. The summed E-state index contributed by atoms with van der Waals surface area (Å²) in [5.41, 5.74) is 5.67. The molecule has 6 heteroatoms. The topological polar surface area (TPSA) is 33.0 Å². The van der Waals surface area contributed by atoms with E-state index in [1.807, 2.05) is 12.1 Å². The zero-order valence-corrected chi connectivity index (χ0v) is 16.7. The lowest BCUT2D eigenvalue weighted by molar-refractivity contribution is 0.0336. The highest BCUT2D eigenvalue weighted by atomic mass is 35.5. The molecule has 2 aromatic heterocycles. The molecule has 2 aliphatic heterocycles. The van der Waals surface area contributed by atoms with Gasteiger partial charge < -0.3 is 14.0 Å². The average molecular weight is 397 g/mol. The van der Waals surface area contributed by atoms with Crippen molar-refractivity contribution >= 4 is 22.9 Å². The second-order valence-electron chi connectivity index (χ2n) is 7.61. The summed E-state index contributed by atoms with van der Waals surface area (Å²) < 4.78 is 7.82. The molecule has 4 heterocycles. The predicted octanol–water partition coefficient (Wildman–Crippen LogP) is 4.09. The molecule has 0 unspecified atom stereocenters. The minimum absolute atomic E-state index is 0.749. The Labute approximate surface area is 170 Å². The Morgan fingerprint density at radius 3 is 2.43 bits per heavy atom. The summed E-state index contributed by atoms with van der Waals surface area (Å²) in [7, 11) is 0. The van der Waals surface area contributed by atoms with Gasteiger partial charge in [-0.2, -0.15) is 0 Å². The quantitative estimate of drug-likeness (QED) is 0.665. The van der Waals surface area contributed by atoms with Gasteiger partial charge in [0, 0.05) is 49.5 Å². The average Bonchev–Trinajstić information content (AvgIpc) is 3.38. The highest BCUT2D eigenvalue weighted by Crippen LogP contribution is 2.29. The van der Waals surface area contributed by atoms with E-state index in [0.717, 1.165) is 67.9 Å². The van der Waals surface area contributed by atoms with Crippen molar-refractivity contribution in [2.75, 3.05) is 44.3 Å². The van der Waals surface area contributed by atoms with Gasteiger partial charge in [0.15, 0.2) is 0 Å². The van der Waals surface area contributed by atoms with Crippen LogP contribution in [0.5, 0.6) is 0 Å². The predicted molar refractivity (Wildman–Crippen MR) is 113 cm³/mol. The molecule has 2 aliphatic rings. The minimum Gasteiger partial charge on any atom is -0.379 e. The second kappa shape index (κ2) is 7.74. The number of fused-ring (bicyclic) bond motifs is 1. The molecule has 0 atom stereocenters. The summed E-state index contributed by atoms with van der Waals surface area (Å²) in [6.07, 6.45) is 4.82. The summed E-state index contributed by atoms with van der Waals surface area (Å²) in [5, 5.41) is 0.749. The molecule has 28 heavy (non-hydrogen) atoms. The smallest absolute Gasteiger partial charge is 0.137 e. The molecule has 5 rings (SSSR count). The number of pyridine rings is 1. The number of nitrogens with zero attached hydrogens (tertiary/aromatic N) is 4. The minimum atomic E-state index is 0.749. The van der Waals surface area contributed by atoms with E-state index in [0.29, 0.717) is 0 Å². The first-order valence-corrected chi connectivity index (χ1v) is 10.5. The molecule has 0 saturated carbocycles. The summed E-state index contributed by atoms with van der Waals surface area (Å²) in [5.74, 6) is 0. The van der Waals surface area contributed by atoms with Gasteiger partial charge in [-0.05, 0) is 37.1 Å². The molecule has 3 aromatic rings. The third-order valence-electron chi connectivity index (χ3n) is 5.77. The molecule has 5 nitrogen and oxygen atoms in total. The van der Waals surface area contributed by atoms with Crippen molar-refractivity contribution in [3.63, 3.8) is 0 Å². The zero-order valence-electron chi connectivity index (χ0n) is 16.0. The maximum absolute atomic E-state index is 6.11. The Morgan fingerprint density at radius 2 is 1.68 bits per heavy atom. The molecule has 0 amide bonds. The Kier molecular flexibility index (Phi) is 4.97. The SMILES string of the molecule is Clc1ccc(-c2nc3ccc(N4CCCC4)cn3c2CN2CCOCC2)cc1. The van der Waals surface area contributed by atoms with E-state index in [4.69, 9.17) is 21.3 Å². The van der Waals surface area contributed by atoms with Crippen molar-refractivity contribution in [3.8, 4) is 11.3 Å². The van der Waals surface area contributed by atoms with Gasteiger partial charge in [-0.15, -0.1) is 0 Å². The molecule has 0 spiro atoms. The molecule has 0 radical (unpaired) electrons. The number of rotatable bonds is 4. The van der Waals surface area contributed by atoms with Crippen LogP contribution in [0, 0.1) is 0 Å². The number of imidazole rings is 1. The maximum Gasteiger partial charge on any atom is 0.137 e. The Bertz CT molecular complexity index is 957. The van der Waals surface area contributed by atoms with Crippen LogP contribution in [0.25, 0.3) is 16.9 Å². The number of hydrogen-bond donors (Lipinski definition) is 0. The first-order valence-electron chi connectivity index (χ1n) is 10.1. The van der Waals surface area contributed by atoms with Gasteiger partial charge in [0.05, 0.1) is 30.3 Å². The van der Waals surface area contributed by atoms with Crippen LogP contribution in [0.3, 0.4) is 0 Å². The fourth-order valence-electron chi connectivity index (χ4n) is 4.21. The molecule has 2 fully saturated rings. The van der Waals surface area contributed by atoms with Crippen LogP contribution in [0.1, 0.15) is 18.5 Å². The summed E-state index contributed by atoms with van der Waals surface area (Å²) >= 11 is 6.11. The molecule has 1 aromatic carbocycles. The molecule has 146 valence electrons. The van der Waals surface area contributed by atoms with Gasteiger partial charge in [0.2, 0.25) is 0 Å². The van der Waals surface area contributed by atoms with Gasteiger partial charge in [-0.25, -0.2) is 4.98 Å².